The van der Waals surface area contributed by atoms with Crippen LogP contribution in [0.15, 0.2) is 52.6 Å². The van der Waals surface area contributed by atoms with Gasteiger partial charge in [-0.25, -0.2) is 9.78 Å². The molecule has 0 radical (unpaired) electrons. The van der Waals surface area contributed by atoms with E-state index in [0.717, 1.165) is 44.1 Å². The van der Waals surface area contributed by atoms with E-state index in [9.17, 15) is 14.4 Å². The number of amides is 1. The number of nitrogens with zero attached hydrogens (tertiary/aromatic N) is 5. The number of aromatic nitrogens is 3. The molecule has 4 aromatic rings. The first-order valence-electron chi connectivity index (χ1n) is 18.7. The number of likely N-dealkylation sites (tertiary alicyclic amines) is 1. The van der Waals surface area contributed by atoms with E-state index in [4.69, 9.17) is 23.9 Å². The number of piperidine rings is 1. The van der Waals surface area contributed by atoms with Gasteiger partial charge in [0.15, 0.2) is 0 Å². The van der Waals surface area contributed by atoms with Crippen LogP contribution in [-0.4, -0.2) is 96.2 Å². The summed E-state index contributed by atoms with van der Waals surface area (Å²) in [7, 11) is 0.366. The molecule has 284 valence electrons. The van der Waals surface area contributed by atoms with Crippen molar-refractivity contribution in [2.24, 2.45) is 5.92 Å². The Kier molecular flexibility index (Phi) is 11.2. The van der Waals surface area contributed by atoms with Crippen LogP contribution in [-0.2, 0) is 34.0 Å². The van der Waals surface area contributed by atoms with Crippen molar-refractivity contribution in [2.75, 3.05) is 46.6 Å². The number of hydrogen-bond donors (Lipinski definition) is 0. The van der Waals surface area contributed by atoms with Crippen LogP contribution in [0.3, 0.4) is 0 Å². The lowest BCUT2D eigenvalue weighted by molar-refractivity contribution is 0.0773. The molecule has 3 unspecified atom stereocenters. The summed E-state index contributed by atoms with van der Waals surface area (Å²) >= 11 is 1.31. The summed E-state index contributed by atoms with van der Waals surface area (Å²) in [5, 5.41) is 0.511. The third kappa shape index (κ3) is 8.02. The third-order valence-corrected chi connectivity index (χ3v) is 13.5. The quantitative estimate of drug-likeness (QED) is 0.101. The van der Waals surface area contributed by atoms with Crippen molar-refractivity contribution in [3.05, 3.63) is 69.3 Å². The Hall–Kier alpha value is -3.82. The summed E-state index contributed by atoms with van der Waals surface area (Å²) in [6.45, 7) is 15.1. The molecule has 0 saturated carbocycles. The van der Waals surface area contributed by atoms with Gasteiger partial charge in [-0.15, -0.1) is 0 Å². The van der Waals surface area contributed by atoms with Crippen LogP contribution < -0.4 is 15.9 Å². The van der Waals surface area contributed by atoms with Crippen LogP contribution in [0.1, 0.15) is 31.2 Å². The molecule has 3 aliphatic rings. The van der Waals surface area contributed by atoms with Crippen molar-refractivity contribution in [1.29, 1.82) is 0 Å². The van der Waals surface area contributed by atoms with Crippen molar-refractivity contribution in [1.82, 2.24) is 23.3 Å². The molecule has 53 heavy (non-hydrogen) atoms. The molecular formula is C39H51N5O7SSi. The number of hydrogen-bond acceptors (Lipinski definition) is 10. The van der Waals surface area contributed by atoms with Gasteiger partial charge in [-0.3, -0.25) is 27.9 Å². The van der Waals surface area contributed by atoms with Crippen LogP contribution in [0.2, 0.25) is 25.7 Å². The molecule has 3 aliphatic heterocycles. The first-order chi connectivity index (χ1) is 25.5. The van der Waals surface area contributed by atoms with Crippen molar-refractivity contribution in [2.45, 2.75) is 83.3 Å². The molecule has 1 amide bonds. The smallest absolute Gasteiger partial charge is 0.410 e. The fraction of sp³-hybridized carbons (Fsp3) is 0.538. The summed E-state index contributed by atoms with van der Waals surface area (Å²) in [6.07, 6.45) is 4.68. The van der Waals surface area contributed by atoms with Gasteiger partial charge in [-0.1, -0.05) is 56.0 Å². The molecule has 2 saturated heterocycles. The normalized spacial score (nSPS) is 20.6. The van der Waals surface area contributed by atoms with Gasteiger partial charge in [-0.05, 0) is 68.0 Å². The molecule has 2 fully saturated rings. The maximum absolute atomic E-state index is 14.7. The maximum atomic E-state index is 14.7. The van der Waals surface area contributed by atoms with Crippen molar-refractivity contribution >= 4 is 46.8 Å². The summed E-state index contributed by atoms with van der Waals surface area (Å²) in [5.74, 6) is 0.999. The number of methoxy groups -OCH3 is 1. The Bertz CT molecular complexity index is 2100. The van der Waals surface area contributed by atoms with Gasteiger partial charge in [0.2, 0.25) is 0 Å². The Morgan fingerprint density at radius 1 is 1.11 bits per heavy atom. The minimum atomic E-state index is -1.39. The van der Waals surface area contributed by atoms with Crippen LogP contribution >= 0.6 is 11.5 Å². The van der Waals surface area contributed by atoms with Gasteiger partial charge in [0.1, 0.15) is 36.9 Å². The summed E-state index contributed by atoms with van der Waals surface area (Å²) < 4.78 is 28.1. The van der Waals surface area contributed by atoms with E-state index in [1.165, 1.54) is 11.5 Å². The average Bonchev–Trinajstić information content (AvgIpc) is 3.68. The molecule has 0 N–H and O–H groups in total. The molecular weight excluding hydrogens is 711 g/mol. The highest BCUT2D eigenvalue weighted by molar-refractivity contribution is 7.14. The minimum absolute atomic E-state index is 0.0539. The maximum Gasteiger partial charge on any atom is 0.410 e. The van der Waals surface area contributed by atoms with Crippen LogP contribution in [0.5, 0.6) is 5.75 Å². The molecule has 0 spiro atoms. The predicted molar refractivity (Wildman–Crippen MR) is 211 cm³/mol. The SMILES string of the molecule is C=CCOC(=O)N1C2CCC1Cn1sc3c(cccc3c1=O)-c1nc3c(cc(CN4CCCC(COC)C4)cc3n(COCC[Si](C)(C)C)c1=O)OC2. The van der Waals surface area contributed by atoms with Crippen molar-refractivity contribution in [3.8, 4) is 17.0 Å². The molecule has 3 atom stereocenters. The average molecular weight is 762 g/mol. The number of carbonyl (C=O) groups is 1. The molecule has 5 heterocycles. The first kappa shape index (κ1) is 37.5. The molecule has 2 aromatic heterocycles. The van der Waals surface area contributed by atoms with Gasteiger partial charge >= 0.3 is 6.09 Å². The lowest BCUT2D eigenvalue weighted by Crippen LogP contribution is -2.46. The number of fused-ring (bicyclic) bond motifs is 5. The number of rotatable bonds is 11. The molecule has 0 aliphatic carbocycles. The number of ether oxygens (including phenoxy) is 4. The molecule has 2 aromatic carbocycles. The van der Waals surface area contributed by atoms with Crippen LogP contribution in [0.4, 0.5) is 4.79 Å². The Balaban J connectivity index is 1.39. The predicted octanol–water partition coefficient (Wildman–Crippen LogP) is 6.16. The van der Waals surface area contributed by atoms with E-state index in [2.05, 4.69) is 31.1 Å². The van der Waals surface area contributed by atoms with E-state index in [1.807, 2.05) is 18.2 Å². The number of benzene rings is 2. The zero-order valence-electron chi connectivity index (χ0n) is 31.3. The number of carbonyl (C=O) groups excluding carboxylic acids is 1. The second-order valence-corrected chi connectivity index (χ2v) is 22.5. The largest absolute Gasteiger partial charge is 0.489 e. The second-order valence-electron chi connectivity index (χ2n) is 15.8. The third-order valence-electron chi connectivity index (χ3n) is 10.6. The monoisotopic (exact) mass is 761 g/mol. The van der Waals surface area contributed by atoms with Gasteiger partial charge in [0, 0.05) is 40.4 Å². The van der Waals surface area contributed by atoms with Crippen molar-refractivity contribution < 1.29 is 23.7 Å². The summed E-state index contributed by atoms with van der Waals surface area (Å²) in [6, 6.07) is 9.92. The Labute approximate surface area is 315 Å². The lowest BCUT2D eigenvalue weighted by Gasteiger charge is -2.32. The summed E-state index contributed by atoms with van der Waals surface area (Å²) in [5.41, 5.74) is 2.55. The van der Waals surface area contributed by atoms with E-state index < -0.39 is 14.2 Å². The van der Waals surface area contributed by atoms with Gasteiger partial charge in [-0.2, -0.15) is 0 Å². The second kappa shape index (κ2) is 15.9. The minimum Gasteiger partial charge on any atom is -0.489 e. The molecule has 6 bridgehead atoms. The Morgan fingerprint density at radius 2 is 1.94 bits per heavy atom. The lowest BCUT2D eigenvalue weighted by atomic mass is 9.98. The first-order valence-corrected chi connectivity index (χ1v) is 23.2. The topological polar surface area (TPSA) is 117 Å². The van der Waals surface area contributed by atoms with E-state index in [-0.39, 0.29) is 48.8 Å². The zero-order valence-corrected chi connectivity index (χ0v) is 33.1. The van der Waals surface area contributed by atoms with Gasteiger partial charge in [0.25, 0.3) is 11.1 Å². The molecule has 12 nitrogen and oxygen atoms in total. The highest BCUT2D eigenvalue weighted by Gasteiger charge is 2.39. The van der Waals surface area contributed by atoms with Crippen LogP contribution in [0, 0.1) is 5.92 Å². The van der Waals surface area contributed by atoms with Gasteiger partial charge < -0.3 is 18.9 Å². The fourth-order valence-corrected chi connectivity index (χ4v) is 9.83. The molecule has 7 rings (SSSR count). The zero-order chi connectivity index (χ0) is 37.3. The highest BCUT2D eigenvalue weighted by atomic mass is 32.1. The van der Waals surface area contributed by atoms with E-state index in [0.29, 0.717) is 70.9 Å². The van der Waals surface area contributed by atoms with Crippen molar-refractivity contribution in [3.63, 3.8) is 0 Å². The van der Waals surface area contributed by atoms with Crippen LogP contribution in [0.25, 0.3) is 32.4 Å². The Morgan fingerprint density at radius 3 is 2.74 bits per heavy atom. The highest BCUT2D eigenvalue weighted by Crippen LogP contribution is 2.35. The fourth-order valence-electron chi connectivity index (χ4n) is 7.91. The van der Waals surface area contributed by atoms with E-state index >= 15 is 0 Å². The van der Waals surface area contributed by atoms with E-state index in [1.54, 1.807) is 38.7 Å². The molecule has 14 heteroatoms. The summed E-state index contributed by atoms with van der Waals surface area (Å²) in [4.78, 5) is 51.3. The van der Waals surface area contributed by atoms with Gasteiger partial charge in [0.05, 0.1) is 40.8 Å². The standard InChI is InChI=1S/C39H51N5O7SSi/c1-6-15-50-39(47)44-28-12-13-29(44)24-51-33-19-27(21-41-14-8-9-26(20-41)23-48-2)18-32-35(33)40-34(38(46)42(32)25-49-16-17-53(3,4)5)30-10-7-11-31-36(30)52-43(22-28)37(31)45/h6-7,10-11,18-19,26,28-29H,1,8-9,12-17,20-25H2,2-5H3.